The monoisotopic (exact) mass is 243 g/mol. The maximum absolute atomic E-state index is 12.0. The number of anilines is 1. The van der Waals surface area contributed by atoms with Gasteiger partial charge in [0.2, 0.25) is 0 Å². The number of carbonyl (C=O) groups excluding carboxylic acids is 1. The highest BCUT2D eigenvalue weighted by Gasteiger charge is 2.19. The normalized spacial score (nSPS) is 13.3. The summed E-state index contributed by atoms with van der Waals surface area (Å²) in [5.74, 6) is 0.0856. The lowest BCUT2D eigenvalue weighted by Gasteiger charge is -2.05. The summed E-state index contributed by atoms with van der Waals surface area (Å²) in [4.78, 5) is 13.7. The highest BCUT2D eigenvalue weighted by molar-refractivity contribution is 7.99. The number of rotatable bonds is 0. The van der Waals surface area contributed by atoms with E-state index in [2.05, 4.69) is 5.32 Å². The molecule has 0 fully saturated rings. The van der Waals surface area contributed by atoms with Crippen LogP contribution in [0.4, 0.5) is 5.69 Å². The second-order valence-corrected chi connectivity index (χ2v) is 4.82. The highest BCUT2D eigenvalue weighted by atomic mass is 32.2. The molecular formula is C13H9NO2S. The van der Waals surface area contributed by atoms with Gasteiger partial charge in [-0.3, -0.25) is 4.79 Å². The van der Waals surface area contributed by atoms with Crippen LogP contribution < -0.4 is 5.32 Å². The Hall–Kier alpha value is -1.94. The minimum Gasteiger partial charge on any atom is -0.508 e. The van der Waals surface area contributed by atoms with Crippen molar-refractivity contribution in [2.24, 2.45) is 0 Å². The summed E-state index contributed by atoms with van der Waals surface area (Å²) in [5, 5.41) is 12.3. The lowest BCUT2D eigenvalue weighted by molar-refractivity contribution is 0.102. The van der Waals surface area contributed by atoms with Gasteiger partial charge in [0.25, 0.3) is 5.91 Å². The van der Waals surface area contributed by atoms with E-state index in [0.29, 0.717) is 5.56 Å². The van der Waals surface area contributed by atoms with Gasteiger partial charge in [0.1, 0.15) is 5.75 Å². The van der Waals surface area contributed by atoms with Crippen LogP contribution in [0, 0.1) is 0 Å². The molecule has 1 amide bonds. The van der Waals surface area contributed by atoms with Gasteiger partial charge in [-0.1, -0.05) is 23.9 Å². The number of phenols is 1. The van der Waals surface area contributed by atoms with E-state index >= 15 is 0 Å². The predicted molar refractivity (Wildman–Crippen MR) is 66.6 cm³/mol. The Labute approximate surface area is 102 Å². The summed E-state index contributed by atoms with van der Waals surface area (Å²) >= 11 is 1.48. The van der Waals surface area contributed by atoms with E-state index in [1.54, 1.807) is 24.3 Å². The standard InChI is InChI=1S/C13H9NO2S/c15-8-5-6-10-12(7-8)17-11-4-2-1-3-9(11)13(16)14-10/h1-7,15H,(H,14,16). The Kier molecular flexibility index (Phi) is 2.30. The fourth-order valence-corrected chi connectivity index (χ4v) is 2.81. The number of hydrogen-bond acceptors (Lipinski definition) is 3. The summed E-state index contributed by atoms with van der Waals surface area (Å²) in [6, 6.07) is 12.4. The molecule has 0 saturated heterocycles. The molecular weight excluding hydrogens is 234 g/mol. The van der Waals surface area contributed by atoms with E-state index in [-0.39, 0.29) is 11.7 Å². The zero-order chi connectivity index (χ0) is 11.8. The molecule has 17 heavy (non-hydrogen) atoms. The fraction of sp³-hybridized carbons (Fsp3) is 0. The number of hydrogen-bond donors (Lipinski definition) is 2. The zero-order valence-corrected chi connectivity index (χ0v) is 9.62. The first-order valence-corrected chi connectivity index (χ1v) is 5.97. The Balaban J connectivity index is 2.18. The zero-order valence-electron chi connectivity index (χ0n) is 8.81. The minimum atomic E-state index is -0.113. The van der Waals surface area contributed by atoms with Crippen molar-refractivity contribution in [2.75, 3.05) is 5.32 Å². The first-order valence-electron chi connectivity index (χ1n) is 5.15. The lowest BCUT2D eigenvalue weighted by atomic mass is 10.2. The van der Waals surface area contributed by atoms with Gasteiger partial charge in [0, 0.05) is 9.79 Å². The van der Waals surface area contributed by atoms with E-state index in [4.69, 9.17) is 0 Å². The maximum Gasteiger partial charge on any atom is 0.256 e. The lowest BCUT2D eigenvalue weighted by Crippen LogP contribution is -2.11. The third-order valence-electron chi connectivity index (χ3n) is 2.56. The molecule has 2 N–H and O–H groups in total. The molecule has 0 atom stereocenters. The molecule has 0 bridgehead atoms. The van der Waals surface area contributed by atoms with Crippen LogP contribution >= 0.6 is 11.8 Å². The fourth-order valence-electron chi connectivity index (χ4n) is 1.75. The largest absolute Gasteiger partial charge is 0.508 e. The van der Waals surface area contributed by atoms with Gasteiger partial charge in [-0.25, -0.2) is 0 Å². The minimum absolute atomic E-state index is 0.113. The van der Waals surface area contributed by atoms with Crippen LogP contribution in [0.3, 0.4) is 0 Å². The molecule has 2 aromatic rings. The van der Waals surface area contributed by atoms with Crippen molar-refractivity contribution in [1.82, 2.24) is 0 Å². The smallest absolute Gasteiger partial charge is 0.256 e. The van der Waals surface area contributed by atoms with Crippen LogP contribution in [0.2, 0.25) is 0 Å². The Morgan fingerprint density at radius 1 is 1.06 bits per heavy atom. The molecule has 0 saturated carbocycles. The number of phenolic OH excluding ortho intramolecular Hbond substituents is 1. The van der Waals surface area contributed by atoms with Crippen molar-refractivity contribution < 1.29 is 9.90 Å². The second kappa shape index (κ2) is 3.82. The quantitative estimate of drug-likeness (QED) is 0.699. The summed E-state index contributed by atoms with van der Waals surface area (Å²) < 4.78 is 0. The van der Waals surface area contributed by atoms with Gasteiger partial charge in [-0.2, -0.15) is 0 Å². The van der Waals surface area contributed by atoms with E-state index in [0.717, 1.165) is 15.5 Å². The molecule has 4 heteroatoms. The van der Waals surface area contributed by atoms with Gasteiger partial charge in [-0.15, -0.1) is 0 Å². The molecule has 0 spiro atoms. The topological polar surface area (TPSA) is 49.3 Å². The van der Waals surface area contributed by atoms with E-state index in [9.17, 15) is 9.90 Å². The molecule has 3 rings (SSSR count). The van der Waals surface area contributed by atoms with Crippen LogP contribution in [0.25, 0.3) is 0 Å². The number of benzene rings is 2. The molecule has 0 unspecified atom stereocenters. The molecule has 1 heterocycles. The number of nitrogens with one attached hydrogen (secondary N) is 1. The van der Waals surface area contributed by atoms with Crippen LogP contribution in [0.15, 0.2) is 52.3 Å². The first kappa shape index (κ1) is 10.2. The number of amides is 1. The third-order valence-corrected chi connectivity index (χ3v) is 3.70. The van der Waals surface area contributed by atoms with E-state index in [1.807, 2.05) is 18.2 Å². The molecule has 0 aromatic heterocycles. The van der Waals surface area contributed by atoms with Crippen molar-refractivity contribution in [2.45, 2.75) is 9.79 Å². The van der Waals surface area contributed by atoms with Gasteiger partial charge in [0.05, 0.1) is 11.3 Å². The maximum atomic E-state index is 12.0. The summed E-state index contributed by atoms with van der Waals surface area (Å²) in [5.41, 5.74) is 1.39. The van der Waals surface area contributed by atoms with Gasteiger partial charge >= 0.3 is 0 Å². The van der Waals surface area contributed by atoms with Crippen LogP contribution in [0.1, 0.15) is 10.4 Å². The van der Waals surface area contributed by atoms with Crippen molar-refractivity contribution >= 4 is 23.4 Å². The first-order chi connectivity index (χ1) is 8.24. The molecule has 0 aliphatic carbocycles. The van der Waals surface area contributed by atoms with Gasteiger partial charge in [0.15, 0.2) is 0 Å². The van der Waals surface area contributed by atoms with Crippen LogP contribution in [-0.4, -0.2) is 11.0 Å². The Morgan fingerprint density at radius 3 is 2.76 bits per heavy atom. The number of carbonyl (C=O) groups is 1. The van der Waals surface area contributed by atoms with Crippen molar-refractivity contribution in [3.8, 4) is 5.75 Å². The Morgan fingerprint density at radius 2 is 1.88 bits per heavy atom. The number of aromatic hydroxyl groups is 1. The highest BCUT2D eigenvalue weighted by Crippen LogP contribution is 2.39. The summed E-state index contributed by atoms with van der Waals surface area (Å²) in [6.07, 6.45) is 0. The molecule has 2 aromatic carbocycles. The van der Waals surface area contributed by atoms with Crippen LogP contribution in [-0.2, 0) is 0 Å². The average molecular weight is 243 g/mol. The third kappa shape index (κ3) is 1.76. The second-order valence-electron chi connectivity index (χ2n) is 3.73. The van der Waals surface area contributed by atoms with Crippen LogP contribution in [0.5, 0.6) is 5.75 Å². The molecule has 1 aliphatic rings. The van der Waals surface area contributed by atoms with E-state index < -0.39 is 0 Å². The number of fused-ring (bicyclic) bond motifs is 2. The molecule has 3 nitrogen and oxygen atoms in total. The molecule has 84 valence electrons. The predicted octanol–water partition coefficient (Wildman–Crippen LogP) is 3.11. The van der Waals surface area contributed by atoms with Crippen molar-refractivity contribution in [3.05, 3.63) is 48.0 Å². The molecule has 1 aliphatic heterocycles. The van der Waals surface area contributed by atoms with Gasteiger partial charge in [-0.05, 0) is 30.3 Å². The van der Waals surface area contributed by atoms with Crippen molar-refractivity contribution in [1.29, 1.82) is 0 Å². The summed E-state index contributed by atoms with van der Waals surface area (Å²) in [7, 11) is 0. The summed E-state index contributed by atoms with van der Waals surface area (Å²) in [6.45, 7) is 0. The Bertz CT molecular complexity index is 610. The van der Waals surface area contributed by atoms with Crippen molar-refractivity contribution in [3.63, 3.8) is 0 Å². The van der Waals surface area contributed by atoms with Gasteiger partial charge < -0.3 is 10.4 Å². The SMILES string of the molecule is O=C1Nc2ccc(O)cc2Sc2ccccc21. The van der Waals surface area contributed by atoms with E-state index in [1.165, 1.54) is 11.8 Å². The molecule has 0 radical (unpaired) electrons. The average Bonchev–Trinajstić information content (AvgIpc) is 2.46.